The first-order valence-corrected chi connectivity index (χ1v) is 11.5. The summed E-state index contributed by atoms with van der Waals surface area (Å²) < 4.78 is 6.18. The first-order valence-electron chi connectivity index (χ1n) is 11.5. The molecule has 0 unspecified atom stereocenters. The summed E-state index contributed by atoms with van der Waals surface area (Å²) in [6, 6.07) is 38.7. The Morgan fingerprint density at radius 3 is 1.77 bits per heavy atom. The predicted molar refractivity (Wildman–Crippen MR) is 141 cm³/mol. The van der Waals surface area contributed by atoms with Crippen molar-refractivity contribution < 1.29 is 4.42 Å². The van der Waals surface area contributed by atoms with Gasteiger partial charge in [-0.15, -0.1) is 0 Å². The summed E-state index contributed by atoms with van der Waals surface area (Å²) in [5.74, 6) is 1.94. The topological polar surface area (TPSA) is 51.8 Å². The Bertz CT molecular complexity index is 1780. The molecule has 4 heteroatoms. The second-order valence-electron chi connectivity index (χ2n) is 8.51. The molecule has 7 rings (SSSR count). The molecule has 0 amide bonds. The van der Waals surface area contributed by atoms with Gasteiger partial charge in [0.1, 0.15) is 11.2 Å². The molecule has 0 saturated carbocycles. The summed E-state index contributed by atoms with van der Waals surface area (Å²) in [7, 11) is 0. The number of para-hydroxylation sites is 1. The van der Waals surface area contributed by atoms with Crippen molar-refractivity contribution in [1.29, 1.82) is 0 Å². The summed E-state index contributed by atoms with van der Waals surface area (Å²) in [6.07, 6.45) is 0. The number of hydrogen-bond donors (Lipinski definition) is 0. The van der Waals surface area contributed by atoms with Crippen LogP contribution < -0.4 is 0 Å². The smallest absolute Gasteiger partial charge is 0.164 e. The Morgan fingerprint density at radius 2 is 1.06 bits per heavy atom. The lowest BCUT2D eigenvalue weighted by molar-refractivity contribution is 0.669. The Labute approximate surface area is 201 Å². The molecule has 0 N–H and O–H groups in total. The molecule has 0 aliphatic heterocycles. The molecule has 5 aromatic carbocycles. The highest BCUT2D eigenvalue weighted by molar-refractivity contribution is 6.12. The van der Waals surface area contributed by atoms with E-state index in [4.69, 9.17) is 19.4 Å². The zero-order valence-corrected chi connectivity index (χ0v) is 18.7. The number of fused-ring (bicyclic) bond motifs is 4. The SMILES string of the molecule is c1ccc(-c2nc(-c3ccccc3)nc(-c3cccc4cc5c(cc34)oc3ccccc35)n2)cc1. The lowest BCUT2D eigenvalue weighted by Crippen LogP contribution is -2.00. The zero-order valence-electron chi connectivity index (χ0n) is 18.7. The highest BCUT2D eigenvalue weighted by Crippen LogP contribution is 2.36. The molecule has 0 atom stereocenters. The van der Waals surface area contributed by atoms with Gasteiger partial charge < -0.3 is 4.42 Å². The Balaban J connectivity index is 1.50. The van der Waals surface area contributed by atoms with Crippen molar-refractivity contribution in [3.8, 4) is 34.2 Å². The molecule has 0 aliphatic rings. The maximum Gasteiger partial charge on any atom is 0.164 e. The standard InChI is InChI=1S/C31H19N3O/c1-3-10-20(11-4-1)29-32-30(21-12-5-2-6-13-21)34-31(33-29)24-16-9-14-22-18-26-23-15-7-8-17-27(23)35-28(26)19-25(22)24/h1-19H. The van der Waals surface area contributed by atoms with Crippen LogP contribution in [0, 0.1) is 0 Å². The molecule has 164 valence electrons. The fraction of sp³-hybridized carbons (Fsp3) is 0. The third kappa shape index (κ3) is 3.35. The second-order valence-corrected chi connectivity index (χ2v) is 8.51. The van der Waals surface area contributed by atoms with Crippen molar-refractivity contribution in [1.82, 2.24) is 15.0 Å². The van der Waals surface area contributed by atoms with Crippen molar-refractivity contribution in [2.75, 3.05) is 0 Å². The zero-order chi connectivity index (χ0) is 23.2. The van der Waals surface area contributed by atoms with Gasteiger partial charge in [0.2, 0.25) is 0 Å². The fourth-order valence-electron chi connectivity index (χ4n) is 4.62. The average molecular weight is 450 g/mol. The minimum atomic E-state index is 0.638. The molecule has 0 radical (unpaired) electrons. The van der Waals surface area contributed by atoms with Crippen molar-refractivity contribution >= 4 is 32.7 Å². The summed E-state index contributed by atoms with van der Waals surface area (Å²) >= 11 is 0. The van der Waals surface area contributed by atoms with Crippen LogP contribution in [-0.2, 0) is 0 Å². The monoisotopic (exact) mass is 449 g/mol. The van der Waals surface area contributed by atoms with E-state index in [-0.39, 0.29) is 0 Å². The van der Waals surface area contributed by atoms with Crippen LogP contribution in [0.1, 0.15) is 0 Å². The van der Waals surface area contributed by atoms with Crippen molar-refractivity contribution in [3.63, 3.8) is 0 Å². The number of furan rings is 1. The van der Waals surface area contributed by atoms with Gasteiger partial charge in [-0.2, -0.15) is 0 Å². The van der Waals surface area contributed by atoms with Crippen LogP contribution in [0.4, 0.5) is 0 Å². The molecule has 2 heterocycles. The maximum atomic E-state index is 6.18. The Hall–Kier alpha value is -4.83. The Kier molecular flexibility index (Phi) is 4.42. The lowest BCUT2D eigenvalue weighted by Gasteiger charge is -2.10. The third-order valence-corrected chi connectivity index (χ3v) is 6.32. The minimum absolute atomic E-state index is 0.638. The quantitative estimate of drug-likeness (QED) is 0.275. The van der Waals surface area contributed by atoms with Gasteiger partial charge in [0.05, 0.1) is 0 Å². The van der Waals surface area contributed by atoms with Gasteiger partial charge in [-0.05, 0) is 29.0 Å². The molecular formula is C31H19N3O. The van der Waals surface area contributed by atoms with E-state index >= 15 is 0 Å². The van der Waals surface area contributed by atoms with Gasteiger partial charge in [-0.1, -0.05) is 97.1 Å². The van der Waals surface area contributed by atoms with Gasteiger partial charge in [0.25, 0.3) is 0 Å². The van der Waals surface area contributed by atoms with E-state index in [2.05, 4.69) is 36.4 Å². The van der Waals surface area contributed by atoms with Crippen molar-refractivity contribution in [2.24, 2.45) is 0 Å². The molecule has 0 bridgehead atoms. The van der Waals surface area contributed by atoms with Crippen LogP contribution >= 0.6 is 0 Å². The number of hydrogen-bond acceptors (Lipinski definition) is 4. The first kappa shape index (κ1) is 19.6. The highest BCUT2D eigenvalue weighted by Gasteiger charge is 2.15. The third-order valence-electron chi connectivity index (χ3n) is 6.32. The predicted octanol–water partition coefficient (Wildman–Crippen LogP) is 7.93. The van der Waals surface area contributed by atoms with Crippen molar-refractivity contribution in [3.05, 3.63) is 115 Å². The van der Waals surface area contributed by atoms with Crippen LogP contribution in [0.3, 0.4) is 0 Å². The van der Waals surface area contributed by atoms with Crippen LogP contribution in [0.2, 0.25) is 0 Å². The summed E-state index contributed by atoms with van der Waals surface area (Å²) in [5, 5.41) is 4.39. The molecule has 0 saturated heterocycles. The largest absolute Gasteiger partial charge is 0.456 e. The maximum absolute atomic E-state index is 6.18. The van der Waals surface area contributed by atoms with Gasteiger partial charge in [0.15, 0.2) is 17.5 Å². The van der Waals surface area contributed by atoms with E-state index in [0.29, 0.717) is 17.5 Å². The Morgan fingerprint density at radius 1 is 0.429 bits per heavy atom. The van der Waals surface area contributed by atoms with Gasteiger partial charge in [0, 0.05) is 27.5 Å². The number of nitrogens with zero attached hydrogens (tertiary/aromatic N) is 3. The second kappa shape index (κ2) is 7.89. The molecule has 4 nitrogen and oxygen atoms in total. The molecule has 35 heavy (non-hydrogen) atoms. The summed E-state index contributed by atoms with van der Waals surface area (Å²) in [5.41, 5.74) is 4.59. The van der Waals surface area contributed by atoms with E-state index in [1.807, 2.05) is 78.9 Å². The molecule has 2 aromatic heterocycles. The molecular weight excluding hydrogens is 430 g/mol. The van der Waals surface area contributed by atoms with Gasteiger partial charge in [-0.25, -0.2) is 15.0 Å². The minimum Gasteiger partial charge on any atom is -0.456 e. The van der Waals surface area contributed by atoms with E-state index in [1.165, 1.54) is 0 Å². The lowest BCUT2D eigenvalue weighted by atomic mass is 10.0. The summed E-state index contributed by atoms with van der Waals surface area (Å²) in [6.45, 7) is 0. The highest BCUT2D eigenvalue weighted by atomic mass is 16.3. The van der Waals surface area contributed by atoms with E-state index < -0.39 is 0 Å². The van der Waals surface area contributed by atoms with Crippen LogP contribution in [0.25, 0.3) is 66.9 Å². The van der Waals surface area contributed by atoms with E-state index in [1.54, 1.807) is 0 Å². The molecule has 7 aromatic rings. The number of rotatable bonds is 3. The molecule has 0 fully saturated rings. The van der Waals surface area contributed by atoms with Crippen LogP contribution in [-0.4, -0.2) is 15.0 Å². The van der Waals surface area contributed by atoms with E-state index in [0.717, 1.165) is 49.4 Å². The van der Waals surface area contributed by atoms with Crippen LogP contribution in [0.15, 0.2) is 120 Å². The fourth-order valence-corrected chi connectivity index (χ4v) is 4.62. The summed E-state index contributed by atoms with van der Waals surface area (Å²) in [4.78, 5) is 14.7. The normalized spacial score (nSPS) is 11.4. The van der Waals surface area contributed by atoms with E-state index in [9.17, 15) is 0 Å². The molecule has 0 aliphatic carbocycles. The van der Waals surface area contributed by atoms with Crippen molar-refractivity contribution in [2.45, 2.75) is 0 Å². The van der Waals surface area contributed by atoms with Gasteiger partial charge in [-0.3, -0.25) is 0 Å². The number of aromatic nitrogens is 3. The van der Waals surface area contributed by atoms with Gasteiger partial charge >= 0.3 is 0 Å². The first-order chi connectivity index (χ1) is 17.3. The average Bonchev–Trinajstić information content (AvgIpc) is 3.29. The van der Waals surface area contributed by atoms with Crippen LogP contribution in [0.5, 0.6) is 0 Å². The number of benzene rings is 5. The molecule has 0 spiro atoms.